The highest BCUT2D eigenvalue weighted by atomic mass is 32.1. The molecule has 0 spiro atoms. The van der Waals surface area contributed by atoms with Crippen LogP contribution >= 0.6 is 12.2 Å². The van der Waals surface area contributed by atoms with Gasteiger partial charge in [-0.3, -0.25) is 14.5 Å². The maximum absolute atomic E-state index is 11.3. The molecule has 0 unspecified atom stereocenters. The summed E-state index contributed by atoms with van der Waals surface area (Å²) < 4.78 is 2.12. The van der Waals surface area contributed by atoms with Crippen LogP contribution in [0.2, 0.25) is 0 Å². The van der Waals surface area contributed by atoms with E-state index in [1.807, 2.05) is 6.92 Å². The van der Waals surface area contributed by atoms with Gasteiger partial charge in [0.25, 0.3) is 0 Å². The molecule has 0 saturated heterocycles. The largest absolute Gasteiger partial charge is 0.368 e. The Hall–Kier alpha value is -1.17. The summed E-state index contributed by atoms with van der Waals surface area (Å²) in [6, 6.07) is 0. The zero-order valence-electron chi connectivity index (χ0n) is 9.20. The fourth-order valence-electron chi connectivity index (χ4n) is 1.41. The zero-order chi connectivity index (χ0) is 11.6. The number of aryl methyl sites for hydroxylation is 1. The monoisotopic (exact) mass is 228 g/mol. The van der Waals surface area contributed by atoms with E-state index in [-0.39, 0.29) is 0 Å². The van der Waals surface area contributed by atoms with Crippen molar-refractivity contribution in [2.45, 2.75) is 39.2 Å². The van der Waals surface area contributed by atoms with Gasteiger partial charge in [0.05, 0.1) is 0 Å². The summed E-state index contributed by atoms with van der Waals surface area (Å²) in [4.78, 5) is 11.3. The van der Waals surface area contributed by atoms with E-state index in [2.05, 4.69) is 10.2 Å². The molecule has 1 aromatic rings. The second-order valence-corrected chi connectivity index (χ2v) is 4.34. The van der Waals surface area contributed by atoms with Crippen molar-refractivity contribution in [3.05, 3.63) is 10.6 Å². The van der Waals surface area contributed by atoms with E-state index in [9.17, 15) is 4.79 Å². The first-order valence-electron chi connectivity index (χ1n) is 4.88. The number of rotatable bonds is 4. The van der Waals surface area contributed by atoms with Crippen LogP contribution in [-0.4, -0.2) is 20.7 Å². The Morgan fingerprint density at radius 2 is 2.27 bits per heavy atom. The molecule has 3 N–H and O–H groups in total. The van der Waals surface area contributed by atoms with Crippen molar-refractivity contribution in [1.29, 1.82) is 0 Å². The molecule has 0 aromatic carbocycles. The molecule has 15 heavy (non-hydrogen) atoms. The Bertz CT molecular complexity index is 418. The number of aromatic nitrogens is 3. The lowest BCUT2D eigenvalue weighted by Crippen LogP contribution is -2.42. The smallest absolute Gasteiger partial charge is 0.243 e. The second kappa shape index (κ2) is 4.14. The fraction of sp³-hybridized carbons (Fsp3) is 0.667. The number of hydrogen-bond donors (Lipinski definition) is 2. The van der Waals surface area contributed by atoms with E-state index in [0.717, 1.165) is 18.7 Å². The highest BCUT2D eigenvalue weighted by Crippen LogP contribution is 2.17. The summed E-state index contributed by atoms with van der Waals surface area (Å²) in [7, 11) is 0. The molecule has 6 heteroatoms. The molecular weight excluding hydrogens is 212 g/mol. The van der Waals surface area contributed by atoms with Crippen molar-refractivity contribution >= 4 is 18.1 Å². The van der Waals surface area contributed by atoms with E-state index in [0.29, 0.717) is 4.77 Å². The van der Waals surface area contributed by atoms with Crippen molar-refractivity contribution in [3.63, 3.8) is 0 Å². The van der Waals surface area contributed by atoms with E-state index in [1.54, 1.807) is 18.4 Å². The minimum absolute atomic E-state index is 0.419. The van der Waals surface area contributed by atoms with Gasteiger partial charge in [0, 0.05) is 6.42 Å². The predicted octanol–water partition coefficient (Wildman–Crippen LogP) is 1.11. The Labute approximate surface area is 93.7 Å². The van der Waals surface area contributed by atoms with Crippen molar-refractivity contribution in [2.75, 3.05) is 0 Å². The highest BCUT2D eigenvalue weighted by molar-refractivity contribution is 7.71. The number of carbonyl (C=O) groups is 1. The first-order valence-corrected chi connectivity index (χ1v) is 5.28. The van der Waals surface area contributed by atoms with Crippen molar-refractivity contribution < 1.29 is 4.79 Å². The summed E-state index contributed by atoms with van der Waals surface area (Å²) in [5.41, 5.74) is 4.51. The summed E-state index contributed by atoms with van der Waals surface area (Å²) in [5.74, 6) is 0.351. The van der Waals surface area contributed by atoms with Gasteiger partial charge in [-0.1, -0.05) is 6.92 Å². The van der Waals surface area contributed by atoms with Gasteiger partial charge in [0.1, 0.15) is 11.4 Å². The average molecular weight is 228 g/mol. The van der Waals surface area contributed by atoms with E-state index in [4.69, 9.17) is 18.0 Å². The maximum atomic E-state index is 11.3. The molecular formula is C9H16N4OS. The quantitative estimate of drug-likeness (QED) is 0.758. The third-order valence-corrected chi connectivity index (χ3v) is 2.65. The molecule has 5 nitrogen and oxygen atoms in total. The molecule has 0 radical (unpaired) electrons. The lowest BCUT2D eigenvalue weighted by atomic mass is 10.0. The van der Waals surface area contributed by atoms with Crippen molar-refractivity contribution in [2.24, 2.45) is 5.73 Å². The Morgan fingerprint density at radius 1 is 1.67 bits per heavy atom. The third kappa shape index (κ3) is 2.09. The van der Waals surface area contributed by atoms with Gasteiger partial charge < -0.3 is 5.73 Å². The van der Waals surface area contributed by atoms with Gasteiger partial charge in [0.15, 0.2) is 4.77 Å². The predicted molar refractivity (Wildman–Crippen MR) is 59.9 cm³/mol. The molecule has 0 aliphatic carbocycles. The lowest BCUT2D eigenvalue weighted by molar-refractivity contribution is -0.125. The molecule has 0 aliphatic rings. The van der Waals surface area contributed by atoms with Gasteiger partial charge in [-0.15, -0.1) is 0 Å². The SMILES string of the molecule is CCCc1n[nH]c(=S)n1C(C)(C)C(N)=O. The van der Waals surface area contributed by atoms with Crippen LogP contribution in [0, 0.1) is 4.77 Å². The van der Waals surface area contributed by atoms with Crippen LogP contribution in [0.25, 0.3) is 0 Å². The summed E-state index contributed by atoms with van der Waals surface area (Å²) in [6.45, 7) is 5.51. The third-order valence-electron chi connectivity index (χ3n) is 2.38. The average Bonchev–Trinajstić information content (AvgIpc) is 2.48. The molecule has 0 saturated carbocycles. The molecule has 84 valence electrons. The topological polar surface area (TPSA) is 76.7 Å². The van der Waals surface area contributed by atoms with Crippen LogP contribution in [0.5, 0.6) is 0 Å². The van der Waals surface area contributed by atoms with Crippen LogP contribution in [-0.2, 0) is 16.8 Å². The summed E-state index contributed by atoms with van der Waals surface area (Å²) >= 11 is 5.09. The number of amides is 1. The fourth-order valence-corrected chi connectivity index (χ4v) is 1.79. The van der Waals surface area contributed by atoms with Crippen LogP contribution in [0.1, 0.15) is 33.0 Å². The van der Waals surface area contributed by atoms with E-state index >= 15 is 0 Å². The molecule has 1 heterocycles. The lowest BCUT2D eigenvalue weighted by Gasteiger charge is -2.23. The van der Waals surface area contributed by atoms with Crippen LogP contribution in [0.4, 0.5) is 0 Å². The minimum atomic E-state index is -0.839. The van der Waals surface area contributed by atoms with Gasteiger partial charge in [-0.25, -0.2) is 0 Å². The van der Waals surface area contributed by atoms with Gasteiger partial charge in [0.2, 0.25) is 5.91 Å². The van der Waals surface area contributed by atoms with E-state index < -0.39 is 11.4 Å². The standard InChI is InChI=1S/C9H16N4OS/c1-4-5-6-11-12-8(15)13(6)9(2,3)7(10)14/h4-5H2,1-3H3,(H2,10,14)(H,12,15). The molecule has 1 rings (SSSR count). The number of aromatic amines is 1. The molecule has 0 bridgehead atoms. The first kappa shape index (κ1) is 11.9. The number of nitrogens with two attached hydrogens (primary N) is 1. The van der Waals surface area contributed by atoms with Gasteiger partial charge >= 0.3 is 0 Å². The molecule has 0 atom stereocenters. The number of nitrogens with one attached hydrogen (secondary N) is 1. The van der Waals surface area contributed by atoms with Crippen LogP contribution in [0.15, 0.2) is 0 Å². The van der Waals surface area contributed by atoms with Crippen molar-refractivity contribution in [3.8, 4) is 0 Å². The normalized spacial score (nSPS) is 11.7. The number of hydrogen-bond acceptors (Lipinski definition) is 3. The Morgan fingerprint density at radius 3 is 2.73 bits per heavy atom. The first-order chi connectivity index (χ1) is 6.91. The molecule has 1 aromatic heterocycles. The van der Waals surface area contributed by atoms with Gasteiger partial charge in [-0.05, 0) is 32.5 Å². The summed E-state index contributed by atoms with van der Waals surface area (Å²) in [6.07, 6.45) is 1.71. The minimum Gasteiger partial charge on any atom is -0.368 e. The molecule has 1 amide bonds. The zero-order valence-corrected chi connectivity index (χ0v) is 10.0. The Kier molecular flexibility index (Phi) is 3.28. The molecule has 0 aliphatic heterocycles. The van der Waals surface area contributed by atoms with Crippen molar-refractivity contribution in [1.82, 2.24) is 14.8 Å². The number of H-pyrrole nitrogens is 1. The highest BCUT2D eigenvalue weighted by Gasteiger charge is 2.30. The summed E-state index contributed by atoms with van der Waals surface area (Å²) in [5, 5.41) is 6.78. The number of carbonyl (C=O) groups excluding carboxylic acids is 1. The number of primary amides is 1. The second-order valence-electron chi connectivity index (χ2n) is 3.95. The number of nitrogens with zero attached hydrogens (tertiary/aromatic N) is 2. The molecule has 0 fully saturated rings. The maximum Gasteiger partial charge on any atom is 0.243 e. The van der Waals surface area contributed by atoms with E-state index in [1.165, 1.54) is 0 Å². The van der Waals surface area contributed by atoms with Crippen LogP contribution in [0.3, 0.4) is 0 Å². The van der Waals surface area contributed by atoms with Crippen LogP contribution < -0.4 is 5.73 Å². The van der Waals surface area contributed by atoms with Gasteiger partial charge in [-0.2, -0.15) is 5.10 Å². The Balaban J connectivity index is 3.28.